The maximum atomic E-state index is 15.8. The number of hydrogen-bond donors (Lipinski definition) is 4. The number of halogens is 1. The fraction of sp³-hybridized carbons (Fsp3) is 0.522. The maximum Gasteiger partial charge on any atom is 0.330 e. The number of H-pyrrole nitrogens is 1. The third-order valence-electron chi connectivity index (χ3n) is 5.38. The molecule has 1 aliphatic rings. The lowest BCUT2D eigenvalue weighted by Gasteiger charge is -2.29. The van der Waals surface area contributed by atoms with Gasteiger partial charge in [-0.05, 0) is 39.8 Å². The highest BCUT2D eigenvalue weighted by molar-refractivity contribution is 5.75. The fourth-order valence-corrected chi connectivity index (χ4v) is 3.54. The van der Waals surface area contributed by atoms with E-state index in [4.69, 9.17) is 18.9 Å². The van der Waals surface area contributed by atoms with Gasteiger partial charge in [0.25, 0.3) is 17.8 Å². The second-order valence-electron chi connectivity index (χ2n) is 8.85. The van der Waals surface area contributed by atoms with Gasteiger partial charge >= 0.3 is 11.7 Å². The van der Waals surface area contributed by atoms with Gasteiger partial charge < -0.3 is 29.2 Å². The van der Waals surface area contributed by atoms with Crippen LogP contribution in [0.5, 0.6) is 5.75 Å². The number of esters is 1. The summed E-state index contributed by atoms with van der Waals surface area (Å²) in [6.07, 6.45) is -4.65. The predicted molar refractivity (Wildman–Crippen MR) is 123 cm³/mol. The molecule has 3 rings (SSSR count). The average molecular weight is 512 g/mol. The van der Waals surface area contributed by atoms with E-state index in [9.17, 15) is 24.6 Å². The van der Waals surface area contributed by atoms with Gasteiger partial charge in [0.15, 0.2) is 6.23 Å². The molecule has 6 atom stereocenters. The zero-order valence-electron chi connectivity index (χ0n) is 20.2. The zero-order chi connectivity index (χ0) is 26.7. The van der Waals surface area contributed by atoms with E-state index in [2.05, 4.69) is 5.32 Å². The van der Waals surface area contributed by atoms with Crippen LogP contribution in [0.15, 0.2) is 52.2 Å². The minimum atomic E-state index is -3.01. The normalized spacial score (nSPS) is 27.6. The number of alkyl halides is 1. The molecule has 0 amide bonds. The molecule has 1 aromatic heterocycles. The number of aromatic nitrogens is 2. The van der Waals surface area contributed by atoms with Crippen molar-refractivity contribution in [3.05, 3.63) is 63.4 Å². The highest BCUT2D eigenvalue weighted by Gasteiger charge is 2.63. The first-order chi connectivity index (χ1) is 16.8. The van der Waals surface area contributed by atoms with Crippen molar-refractivity contribution in [2.45, 2.75) is 70.0 Å². The number of aliphatic hydroxyl groups excluding tert-OH is 1. The summed E-state index contributed by atoms with van der Waals surface area (Å²) in [6.45, 7) is 4.95. The molecule has 12 nitrogen and oxygen atoms in total. The van der Waals surface area contributed by atoms with Crippen LogP contribution in [0, 0.1) is 0 Å². The molecule has 0 saturated carbocycles. The Labute approximate surface area is 205 Å². The van der Waals surface area contributed by atoms with E-state index in [1.165, 1.54) is 6.92 Å². The number of nitrogens with zero attached hydrogens (tertiary/aromatic N) is 1. The predicted octanol–water partition coefficient (Wildman–Crippen LogP) is 0.152. The number of carbonyl (C=O) groups excluding carboxylic acids is 1. The number of ether oxygens (including phenoxy) is 4. The van der Waals surface area contributed by atoms with Crippen molar-refractivity contribution >= 4 is 5.97 Å². The van der Waals surface area contributed by atoms with Gasteiger partial charge in [-0.15, -0.1) is 0 Å². The largest absolute Gasteiger partial charge is 0.462 e. The number of aromatic amines is 1. The van der Waals surface area contributed by atoms with E-state index in [-0.39, 0.29) is 6.10 Å². The minimum Gasteiger partial charge on any atom is -0.462 e. The summed E-state index contributed by atoms with van der Waals surface area (Å²) >= 11 is 0. The molecule has 1 fully saturated rings. The number of para-hydroxylation sites is 1. The molecular formula is C23H30FN3O9. The van der Waals surface area contributed by atoms with Gasteiger partial charge in [0.2, 0.25) is 0 Å². The van der Waals surface area contributed by atoms with Gasteiger partial charge in [-0.2, -0.15) is 0 Å². The van der Waals surface area contributed by atoms with E-state index < -0.39 is 60.1 Å². The van der Waals surface area contributed by atoms with E-state index in [1.54, 1.807) is 44.2 Å². The summed E-state index contributed by atoms with van der Waals surface area (Å²) in [4.78, 5) is 37.7. The summed E-state index contributed by atoms with van der Waals surface area (Å²) in [5.74, 6) is -3.29. The van der Waals surface area contributed by atoms with Gasteiger partial charge in [0.1, 0.15) is 30.1 Å². The van der Waals surface area contributed by atoms with Crippen LogP contribution in [-0.2, 0) is 19.0 Å². The Balaban J connectivity index is 1.79. The van der Waals surface area contributed by atoms with Crippen molar-refractivity contribution in [2.75, 3.05) is 6.61 Å². The van der Waals surface area contributed by atoms with Crippen LogP contribution in [0.4, 0.5) is 4.39 Å². The molecule has 1 aliphatic heterocycles. The first kappa shape index (κ1) is 27.5. The monoisotopic (exact) mass is 511 g/mol. The Hall–Kier alpha value is -3.10. The number of rotatable bonds is 10. The highest BCUT2D eigenvalue weighted by Crippen LogP contribution is 2.44. The van der Waals surface area contributed by atoms with E-state index >= 15 is 4.39 Å². The first-order valence-corrected chi connectivity index (χ1v) is 11.2. The second-order valence-corrected chi connectivity index (χ2v) is 8.85. The molecule has 13 heteroatoms. The first-order valence-electron chi connectivity index (χ1n) is 11.2. The van der Waals surface area contributed by atoms with Crippen LogP contribution < -0.4 is 21.3 Å². The average Bonchev–Trinajstić information content (AvgIpc) is 2.98. The standard InChI is InChI=1S/C23H30FN3O9/c1-13(2)34-17(29)14(3)25-21(35-15-8-6-5-7-9-15)33-12-23(24)18(30)22(4,32)19(36-23)27-11-10-16(28)26-20(27)31/h5-11,13-14,18-19,21,25,30,32H,12H2,1-4H3,(H,26,28,31)/t14-,18-,19+,21+,22+,23+/m0/s1. The third kappa shape index (κ3) is 6.17. The molecule has 0 bridgehead atoms. The smallest absolute Gasteiger partial charge is 0.330 e. The summed E-state index contributed by atoms with van der Waals surface area (Å²) in [5.41, 5.74) is -3.98. The Morgan fingerprint density at radius 1 is 1.25 bits per heavy atom. The second kappa shape index (κ2) is 10.9. The Morgan fingerprint density at radius 2 is 1.92 bits per heavy atom. The Kier molecular flexibility index (Phi) is 8.31. The van der Waals surface area contributed by atoms with E-state index in [0.717, 1.165) is 23.8 Å². The SMILES string of the molecule is CC(C)OC(=O)[C@H](C)N[C@H](OC[C@@]1(F)O[C@@H](n2ccc(=O)[nH]c2=O)[C@](C)(O)[C@@H]1O)Oc1ccccc1. The molecule has 36 heavy (non-hydrogen) atoms. The molecular weight excluding hydrogens is 481 g/mol. The zero-order valence-corrected chi connectivity index (χ0v) is 20.2. The van der Waals surface area contributed by atoms with Crippen LogP contribution >= 0.6 is 0 Å². The van der Waals surface area contributed by atoms with Crippen molar-refractivity contribution in [3.63, 3.8) is 0 Å². The van der Waals surface area contributed by atoms with Crippen molar-refractivity contribution in [3.8, 4) is 5.75 Å². The lowest BCUT2D eigenvalue weighted by Crippen LogP contribution is -2.52. The highest BCUT2D eigenvalue weighted by atomic mass is 19.2. The van der Waals surface area contributed by atoms with Gasteiger partial charge in [-0.25, -0.2) is 14.5 Å². The Morgan fingerprint density at radius 3 is 2.53 bits per heavy atom. The topological polar surface area (TPSA) is 161 Å². The number of carbonyl (C=O) groups is 1. The Bertz CT molecular complexity index is 1150. The summed E-state index contributed by atoms with van der Waals surface area (Å²) < 4.78 is 38.1. The molecule has 0 radical (unpaired) electrons. The summed E-state index contributed by atoms with van der Waals surface area (Å²) in [5, 5.41) is 24.1. The van der Waals surface area contributed by atoms with E-state index in [0.29, 0.717) is 5.75 Å². The van der Waals surface area contributed by atoms with E-state index in [1.807, 2.05) is 4.98 Å². The van der Waals surface area contributed by atoms with Crippen molar-refractivity contribution in [1.29, 1.82) is 0 Å². The van der Waals surface area contributed by atoms with Crippen LogP contribution in [0.25, 0.3) is 0 Å². The van der Waals surface area contributed by atoms with Crippen molar-refractivity contribution in [1.82, 2.24) is 14.9 Å². The van der Waals surface area contributed by atoms with Crippen molar-refractivity contribution in [2.24, 2.45) is 0 Å². The molecule has 0 aliphatic carbocycles. The quantitative estimate of drug-likeness (QED) is 0.255. The molecule has 0 spiro atoms. The minimum absolute atomic E-state index is 0.324. The molecule has 1 aromatic carbocycles. The molecule has 2 heterocycles. The number of hydrogen-bond acceptors (Lipinski definition) is 10. The van der Waals surface area contributed by atoms with Gasteiger partial charge in [0, 0.05) is 12.3 Å². The maximum absolute atomic E-state index is 15.8. The summed E-state index contributed by atoms with van der Waals surface area (Å²) in [7, 11) is 0. The fourth-order valence-electron chi connectivity index (χ4n) is 3.54. The molecule has 0 unspecified atom stereocenters. The molecule has 1 saturated heterocycles. The molecule has 4 N–H and O–H groups in total. The molecule has 198 valence electrons. The summed E-state index contributed by atoms with van der Waals surface area (Å²) in [6, 6.07) is 8.38. The van der Waals surface area contributed by atoms with Gasteiger partial charge in [0.05, 0.1) is 6.10 Å². The number of aliphatic hydroxyl groups is 2. The van der Waals surface area contributed by atoms with Crippen LogP contribution in [-0.4, -0.2) is 68.5 Å². The lowest BCUT2D eigenvalue weighted by molar-refractivity contribution is -0.243. The van der Waals surface area contributed by atoms with Crippen molar-refractivity contribution < 1.29 is 38.3 Å². The lowest BCUT2D eigenvalue weighted by atomic mass is 9.95. The van der Waals surface area contributed by atoms with Crippen LogP contribution in [0.1, 0.15) is 33.9 Å². The van der Waals surface area contributed by atoms with Crippen LogP contribution in [0.3, 0.4) is 0 Å². The number of benzene rings is 1. The van der Waals surface area contributed by atoms with Gasteiger partial charge in [-0.3, -0.25) is 19.1 Å². The van der Waals surface area contributed by atoms with Gasteiger partial charge in [-0.1, -0.05) is 18.2 Å². The third-order valence-corrected chi connectivity index (χ3v) is 5.38. The molecule has 2 aromatic rings. The van der Waals surface area contributed by atoms with Crippen LogP contribution in [0.2, 0.25) is 0 Å². The number of nitrogens with one attached hydrogen (secondary N) is 2.